The molecule has 2 amide bonds. The van der Waals surface area contributed by atoms with E-state index < -0.39 is 21.5 Å². The Balaban J connectivity index is 2.36. The molecular formula is C21H26ClFN2O4S. The molecule has 0 saturated carbocycles. The minimum Gasteiger partial charge on any atom is -0.379 e. The molecule has 30 heavy (non-hydrogen) atoms. The molecule has 0 saturated heterocycles. The van der Waals surface area contributed by atoms with Gasteiger partial charge in [-0.05, 0) is 77.1 Å². The van der Waals surface area contributed by atoms with Crippen molar-refractivity contribution in [1.29, 1.82) is 0 Å². The van der Waals surface area contributed by atoms with Crippen molar-refractivity contribution >= 4 is 27.8 Å². The van der Waals surface area contributed by atoms with Crippen molar-refractivity contribution in [3.8, 4) is 5.75 Å². The molecule has 2 aromatic rings. The second kappa shape index (κ2) is 9.22. The average molecular weight is 457 g/mol. The lowest BCUT2D eigenvalue weighted by molar-refractivity contribution is 0.171. The second-order valence-electron chi connectivity index (χ2n) is 8.15. The summed E-state index contributed by atoms with van der Waals surface area (Å²) in [7, 11) is -4.20. The molecule has 0 aliphatic rings. The number of rotatable bonds is 6. The molecule has 0 atom stereocenters. The van der Waals surface area contributed by atoms with Gasteiger partial charge in [-0.1, -0.05) is 11.6 Å². The van der Waals surface area contributed by atoms with E-state index in [9.17, 15) is 17.6 Å². The molecule has 0 spiro atoms. The number of urea groups is 1. The Hall–Kier alpha value is -2.32. The van der Waals surface area contributed by atoms with Gasteiger partial charge in [-0.25, -0.2) is 9.18 Å². The lowest BCUT2D eigenvalue weighted by Gasteiger charge is -2.31. The summed E-state index contributed by atoms with van der Waals surface area (Å²) in [4.78, 5) is 14.1. The van der Waals surface area contributed by atoms with Crippen LogP contribution >= 0.6 is 11.6 Å². The number of hydrogen-bond acceptors (Lipinski definition) is 4. The van der Waals surface area contributed by atoms with Crippen molar-refractivity contribution in [2.75, 3.05) is 0 Å². The highest BCUT2D eigenvalue weighted by Gasteiger charge is 2.25. The number of carbonyl (C=O) groups excluding carboxylic acids is 1. The second-order valence-corrected chi connectivity index (χ2v) is 10.1. The van der Waals surface area contributed by atoms with Gasteiger partial charge in [-0.2, -0.15) is 8.42 Å². The smallest absolute Gasteiger partial charge is 0.339 e. The summed E-state index contributed by atoms with van der Waals surface area (Å²) in [5, 5.41) is 3.27. The van der Waals surface area contributed by atoms with Crippen LogP contribution in [0.2, 0.25) is 5.02 Å². The average Bonchev–Trinajstić information content (AvgIpc) is 2.60. The normalized spacial score (nSPS) is 12.0. The Labute approximate surface area is 182 Å². The molecular weight excluding hydrogens is 431 g/mol. The number of amides is 2. The number of halogens is 2. The first-order valence-corrected chi connectivity index (χ1v) is 11.1. The molecule has 2 aromatic carbocycles. The van der Waals surface area contributed by atoms with Gasteiger partial charge in [0.1, 0.15) is 16.5 Å². The first kappa shape index (κ1) is 24.0. The van der Waals surface area contributed by atoms with Crippen molar-refractivity contribution in [2.45, 2.75) is 57.6 Å². The van der Waals surface area contributed by atoms with E-state index in [4.69, 9.17) is 15.8 Å². The lowest BCUT2D eigenvalue weighted by Crippen LogP contribution is -2.50. The molecule has 0 radical (unpaired) electrons. The maximum atomic E-state index is 13.1. The van der Waals surface area contributed by atoms with Crippen LogP contribution in [-0.4, -0.2) is 30.9 Å². The highest BCUT2D eigenvalue weighted by molar-refractivity contribution is 7.87. The number of carbonyl (C=O) groups is 1. The van der Waals surface area contributed by atoms with Gasteiger partial charge in [0, 0.05) is 22.2 Å². The monoisotopic (exact) mass is 456 g/mol. The van der Waals surface area contributed by atoms with Crippen molar-refractivity contribution in [3.63, 3.8) is 0 Å². The van der Waals surface area contributed by atoms with E-state index in [2.05, 4.69) is 5.32 Å². The zero-order chi connectivity index (χ0) is 22.7. The van der Waals surface area contributed by atoms with Gasteiger partial charge in [0.05, 0.1) is 6.54 Å². The fourth-order valence-electron chi connectivity index (χ4n) is 2.59. The fraction of sp³-hybridized carbons (Fsp3) is 0.381. The van der Waals surface area contributed by atoms with E-state index >= 15 is 0 Å². The maximum Gasteiger partial charge on any atom is 0.339 e. The maximum absolute atomic E-state index is 13.1. The summed E-state index contributed by atoms with van der Waals surface area (Å²) in [5.41, 5.74) is -0.0185. The summed E-state index contributed by atoms with van der Waals surface area (Å²) in [6.07, 6.45) is 0. The van der Waals surface area contributed by atoms with Crippen LogP contribution in [0.3, 0.4) is 0 Å². The van der Waals surface area contributed by atoms with Gasteiger partial charge in [0.25, 0.3) is 0 Å². The zero-order valence-corrected chi connectivity index (χ0v) is 19.1. The standard InChI is InChI=1S/C21H26ClFN2O4S/c1-14(2)25(20(26)24-21(3,4)5)13-15-12-16(22)6-11-19(15)29-30(27,28)18-9-7-17(23)8-10-18/h6-12,14H,13H2,1-5H3,(H,24,26). The van der Waals surface area contributed by atoms with E-state index in [0.717, 1.165) is 24.3 Å². The molecule has 0 aromatic heterocycles. The molecule has 0 bridgehead atoms. The Morgan fingerprint density at radius 2 is 1.77 bits per heavy atom. The Bertz CT molecular complexity index is 1000. The number of nitrogens with one attached hydrogen (secondary N) is 1. The van der Waals surface area contributed by atoms with Gasteiger partial charge in [0.2, 0.25) is 0 Å². The van der Waals surface area contributed by atoms with E-state index in [1.54, 1.807) is 11.0 Å². The van der Waals surface area contributed by atoms with Gasteiger partial charge < -0.3 is 14.4 Å². The molecule has 0 fully saturated rings. The highest BCUT2D eigenvalue weighted by atomic mass is 35.5. The third-order valence-electron chi connectivity index (χ3n) is 4.03. The molecule has 6 nitrogen and oxygen atoms in total. The predicted molar refractivity (Wildman–Crippen MR) is 115 cm³/mol. The predicted octanol–water partition coefficient (Wildman–Crippen LogP) is 4.97. The van der Waals surface area contributed by atoms with Crippen LogP contribution in [0.25, 0.3) is 0 Å². The molecule has 0 heterocycles. The Morgan fingerprint density at radius 1 is 1.17 bits per heavy atom. The first-order valence-electron chi connectivity index (χ1n) is 9.36. The molecule has 2 rings (SSSR count). The number of benzene rings is 2. The van der Waals surface area contributed by atoms with Gasteiger partial charge >= 0.3 is 16.1 Å². The zero-order valence-electron chi connectivity index (χ0n) is 17.6. The highest BCUT2D eigenvalue weighted by Crippen LogP contribution is 2.28. The minimum atomic E-state index is -4.20. The van der Waals surface area contributed by atoms with Crippen LogP contribution < -0.4 is 9.50 Å². The molecule has 0 aliphatic carbocycles. The molecule has 9 heteroatoms. The molecule has 0 aliphatic heterocycles. The van der Waals surface area contributed by atoms with Gasteiger partial charge in [-0.3, -0.25) is 0 Å². The van der Waals surface area contributed by atoms with Crippen LogP contribution in [0.5, 0.6) is 5.75 Å². The summed E-state index contributed by atoms with van der Waals surface area (Å²) >= 11 is 6.11. The minimum absolute atomic E-state index is 0.0398. The summed E-state index contributed by atoms with van der Waals surface area (Å²) in [6.45, 7) is 9.38. The Morgan fingerprint density at radius 3 is 2.30 bits per heavy atom. The topological polar surface area (TPSA) is 75.7 Å². The summed E-state index contributed by atoms with van der Waals surface area (Å²) in [6, 6.07) is 8.32. The SMILES string of the molecule is CC(C)N(Cc1cc(Cl)ccc1OS(=O)(=O)c1ccc(F)cc1)C(=O)NC(C)(C)C. The van der Waals surface area contributed by atoms with Crippen LogP contribution in [0.1, 0.15) is 40.2 Å². The van der Waals surface area contributed by atoms with E-state index in [0.29, 0.717) is 10.6 Å². The van der Waals surface area contributed by atoms with Gasteiger partial charge in [0.15, 0.2) is 0 Å². The van der Waals surface area contributed by atoms with Crippen LogP contribution in [0.4, 0.5) is 9.18 Å². The van der Waals surface area contributed by atoms with Crippen molar-refractivity contribution in [2.24, 2.45) is 0 Å². The van der Waals surface area contributed by atoms with E-state index in [1.807, 2.05) is 34.6 Å². The Kier molecular flexibility index (Phi) is 7.36. The summed E-state index contributed by atoms with van der Waals surface area (Å²) in [5.74, 6) is -0.517. The molecule has 0 unspecified atom stereocenters. The van der Waals surface area contributed by atoms with Crippen LogP contribution in [0, 0.1) is 5.82 Å². The van der Waals surface area contributed by atoms with Crippen molar-refractivity contribution in [3.05, 3.63) is 58.9 Å². The largest absolute Gasteiger partial charge is 0.379 e. The van der Waals surface area contributed by atoms with Crippen LogP contribution in [-0.2, 0) is 16.7 Å². The van der Waals surface area contributed by atoms with Crippen LogP contribution in [0.15, 0.2) is 47.4 Å². The van der Waals surface area contributed by atoms with Crippen molar-refractivity contribution in [1.82, 2.24) is 10.2 Å². The lowest BCUT2D eigenvalue weighted by atomic mass is 10.1. The number of hydrogen-bond donors (Lipinski definition) is 1. The third-order valence-corrected chi connectivity index (χ3v) is 5.51. The molecule has 164 valence electrons. The van der Waals surface area contributed by atoms with Crippen molar-refractivity contribution < 1.29 is 21.8 Å². The van der Waals surface area contributed by atoms with Gasteiger partial charge in [-0.15, -0.1) is 0 Å². The third kappa shape index (κ3) is 6.60. The van der Waals surface area contributed by atoms with E-state index in [1.165, 1.54) is 12.1 Å². The fourth-order valence-corrected chi connectivity index (χ4v) is 3.74. The first-order chi connectivity index (χ1) is 13.8. The quantitative estimate of drug-likeness (QED) is 0.623. The summed E-state index contributed by atoms with van der Waals surface area (Å²) < 4.78 is 43.7. The number of nitrogens with zero attached hydrogens (tertiary/aromatic N) is 1. The molecule has 1 N–H and O–H groups in total. The van der Waals surface area contributed by atoms with E-state index in [-0.39, 0.29) is 29.3 Å².